The van der Waals surface area contributed by atoms with E-state index in [0.29, 0.717) is 6.07 Å². The number of nitrogens with one attached hydrogen (secondary N) is 1. The molecule has 0 saturated heterocycles. The van der Waals surface area contributed by atoms with Crippen LogP contribution in [0.1, 0.15) is 32.4 Å². The molecule has 1 amide bonds. The number of ether oxygens (including phenoxy) is 1. The van der Waals surface area contributed by atoms with Crippen LogP contribution in [0.5, 0.6) is 0 Å². The third kappa shape index (κ3) is 5.08. The van der Waals surface area contributed by atoms with Crippen molar-refractivity contribution in [3.8, 4) is 0 Å². The molecule has 0 heterocycles. The second kappa shape index (κ2) is 6.39. The average Bonchev–Trinajstić information content (AvgIpc) is 2.32. The summed E-state index contributed by atoms with van der Waals surface area (Å²) in [6.45, 7) is 4.30. The van der Waals surface area contributed by atoms with Gasteiger partial charge in [-0.25, -0.2) is 4.79 Å². The van der Waals surface area contributed by atoms with E-state index >= 15 is 0 Å². The number of rotatable bonds is 3. The predicted molar refractivity (Wildman–Crippen MR) is 71.2 cm³/mol. The fourth-order valence-corrected chi connectivity index (χ4v) is 1.66. The van der Waals surface area contributed by atoms with Crippen LogP contribution in [0.25, 0.3) is 0 Å². The lowest BCUT2D eigenvalue weighted by atomic mass is 10.0. The lowest BCUT2D eigenvalue weighted by molar-refractivity contribution is -0.387. The summed E-state index contributed by atoms with van der Waals surface area (Å²) in [5.74, 6) is -1.67. The quantitative estimate of drug-likeness (QED) is 0.515. The van der Waals surface area contributed by atoms with Crippen LogP contribution in [0.15, 0.2) is 18.2 Å². The molecule has 0 radical (unpaired) electrons. The summed E-state index contributed by atoms with van der Waals surface area (Å²) in [6, 6.07) is -0.457. The van der Waals surface area contributed by atoms with Gasteiger partial charge in [0.05, 0.1) is 4.92 Å². The van der Waals surface area contributed by atoms with Gasteiger partial charge < -0.3 is 10.1 Å². The van der Waals surface area contributed by atoms with Crippen molar-refractivity contribution in [1.29, 1.82) is 0 Å². The molecule has 128 valence electrons. The molecule has 0 aromatic heterocycles. The summed E-state index contributed by atoms with van der Waals surface area (Å²) in [4.78, 5) is 21.0. The number of nitro groups is 1. The van der Waals surface area contributed by atoms with E-state index in [-0.39, 0.29) is 0 Å². The zero-order chi connectivity index (χ0) is 18.0. The number of alkyl carbamates (subject to hydrolysis) is 1. The van der Waals surface area contributed by atoms with Crippen LogP contribution in [0, 0.1) is 15.9 Å². The Morgan fingerprint density at radius 2 is 1.87 bits per heavy atom. The molecule has 23 heavy (non-hydrogen) atoms. The Morgan fingerprint density at radius 3 is 2.30 bits per heavy atom. The van der Waals surface area contributed by atoms with Gasteiger partial charge in [0.1, 0.15) is 5.60 Å². The van der Waals surface area contributed by atoms with E-state index in [1.54, 1.807) is 0 Å². The summed E-state index contributed by atoms with van der Waals surface area (Å²) in [5, 5.41) is 12.1. The first kappa shape index (κ1) is 18.7. The summed E-state index contributed by atoms with van der Waals surface area (Å²) < 4.78 is 58.0. The first-order valence-electron chi connectivity index (χ1n) is 6.32. The monoisotopic (exact) mass is 338 g/mol. The molecule has 0 saturated carbocycles. The summed E-state index contributed by atoms with van der Waals surface area (Å²) >= 11 is 0. The third-order valence-electron chi connectivity index (χ3n) is 2.50. The van der Waals surface area contributed by atoms with Crippen molar-refractivity contribution >= 4 is 11.8 Å². The molecular weight excluding hydrogens is 324 g/mol. The van der Waals surface area contributed by atoms with Gasteiger partial charge in [0.2, 0.25) is 5.82 Å². The Bertz CT molecular complexity index is 611. The van der Waals surface area contributed by atoms with Gasteiger partial charge in [-0.2, -0.15) is 17.6 Å². The van der Waals surface area contributed by atoms with Crippen LogP contribution in [0.3, 0.4) is 0 Å². The molecule has 1 atom stereocenters. The number of nitrogens with zero attached hydrogens (tertiary/aromatic N) is 1. The van der Waals surface area contributed by atoms with E-state index < -0.39 is 45.9 Å². The molecule has 0 fully saturated rings. The number of nitro benzene ring substituents is 1. The van der Waals surface area contributed by atoms with E-state index in [1.807, 2.05) is 0 Å². The Balaban J connectivity index is 3.22. The minimum Gasteiger partial charge on any atom is -0.444 e. The Kier molecular flexibility index (Phi) is 5.18. The van der Waals surface area contributed by atoms with Gasteiger partial charge in [0.15, 0.2) is 6.04 Å². The number of halogens is 4. The SMILES string of the molecule is CC(C)(C)OC(=O)NC(c1cccc([N+](=O)[O-])c1F)C(F)(F)F. The highest BCUT2D eigenvalue weighted by Crippen LogP contribution is 2.36. The van der Waals surface area contributed by atoms with E-state index in [0.717, 1.165) is 12.1 Å². The molecule has 0 aliphatic heterocycles. The molecule has 1 unspecified atom stereocenters. The van der Waals surface area contributed by atoms with Gasteiger partial charge in [-0.3, -0.25) is 10.1 Å². The zero-order valence-corrected chi connectivity index (χ0v) is 12.4. The first-order chi connectivity index (χ1) is 10.3. The maximum atomic E-state index is 14.0. The second-order valence-electron chi connectivity index (χ2n) is 5.56. The van der Waals surface area contributed by atoms with Crippen molar-refractivity contribution in [3.05, 3.63) is 39.7 Å². The number of hydrogen-bond acceptors (Lipinski definition) is 4. The smallest absolute Gasteiger partial charge is 0.413 e. The number of benzene rings is 1. The Morgan fingerprint density at radius 1 is 1.30 bits per heavy atom. The molecule has 0 aliphatic carbocycles. The Hall–Kier alpha value is -2.39. The lowest BCUT2D eigenvalue weighted by Gasteiger charge is -2.25. The molecule has 0 spiro atoms. The van der Waals surface area contributed by atoms with E-state index in [1.165, 1.54) is 26.1 Å². The van der Waals surface area contributed by atoms with Crippen molar-refractivity contribution < 1.29 is 32.0 Å². The summed E-state index contributed by atoms with van der Waals surface area (Å²) in [6.07, 6.45) is -6.50. The third-order valence-corrected chi connectivity index (χ3v) is 2.50. The number of carbonyl (C=O) groups is 1. The maximum Gasteiger partial charge on any atom is 0.413 e. The van der Waals surface area contributed by atoms with E-state index in [9.17, 15) is 32.5 Å². The molecule has 10 heteroatoms. The molecule has 1 rings (SSSR count). The topological polar surface area (TPSA) is 81.5 Å². The normalized spacial score (nSPS) is 13.3. The first-order valence-corrected chi connectivity index (χ1v) is 6.32. The van der Waals surface area contributed by atoms with Gasteiger partial charge >= 0.3 is 18.0 Å². The maximum absolute atomic E-state index is 14.0. The van der Waals surface area contributed by atoms with Crippen molar-refractivity contribution in [2.24, 2.45) is 0 Å². The Labute approximate surface area is 128 Å². The van der Waals surface area contributed by atoms with Gasteiger partial charge in [0.25, 0.3) is 0 Å². The van der Waals surface area contributed by atoms with Crippen LogP contribution in [-0.2, 0) is 4.74 Å². The van der Waals surface area contributed by atoms with E-state index in [4.69, 9.17) is 4.74 Å². The highest BCUT2D eigenvalue weighted by atomic mass is 19.4. The van der Waals surface area contributed by atoms with Crippen LogP contribution in [0.4, 0.5) is 28.0 Å². The molecule has 1 aromatic rings. The number of carbonyl (C=O) groups excluding carboxylic acids is 1. The van der Waals surface area contributed by atoms with Crippen molar-refractivity contribution in [1.82, 2.24) is 5.32 Å². The zero-order valence-electron chi connectivity index (χ0n) is 12.4. The number of alkyl halides is 3. The predicted octanol–water partition coefficient (Wildman–Crippen LogP) is 3.86. The lowest BCUT2D eigenvalue weighted by Crippen LogP contribution is -2.41. The van der Waals surface area contributed by atoms with Crippen molar-refractivity contribution in [2.45, 2.75) is 38.6 Å². The summed E-state index contributed by atoms with van der Waals surface area (Å²) in [5.41, 5.74) is -3.26. The number of hydrogen-bond donors (Lipinski definition) is 1. The molecule has 0 aliphatic rings. The number of amides is 1. The average molecular weight is 338 g/mol. The fourth-order valence-electron chi connectivity index (χ4n) is 1.66. The van der Waals surface area contributed by atoms with Crippen LogP contribution >= 0.6 is 0 Å². The van der Waals surface area contributed by atoms with Crippen LogP contribution in [0.2, 0.25) is 0 Å². The summed E-state index contributed by atoms with van der Waals surface area (Å²) in [7, 11) is 0. The van der Waals surface area contributed by atoms with Crippen molar-refractivity contribution in [2.75, 3.05) is 0 Å². The van der Waals surface area contributed by atoms with Crippen LogP contribution in [-0.4, -0.2) is 22.8 Å². The second-order valence-corrected chi connectivity index (χ2v) is 5.56. The fraction of sp³-hybridized carbons (Fsp3) is 0.462. The van der Waals surface area contributed by atoms with Gasteiger partial charge in [0, 0.05) is 11.6 Å². The van der Waals surface area contributed by atoms with Crippen molar-refractivity contribution in [3.63, 3.8) is 0 Å². The largest absolute Gasteiger partial charge is 0.444 e. The van der Waals surface area contributed by atoms with Crippen LogP contribution < -0.4 is 5.32 Å². The molecular formula is C13H14F4N2O4. The molecule has 0 bridgehead atoms. The minimum atomic E-state index is -5.08. The standard InChI is InChI=1S/C13H14F4N2O4/c1-12(2,3)23-11(20)18-10(13(15,16)17)7-5-4-6-8(9(7)14)19(21)22/h4-6,10H,1-3H3,(H,18,20). The molecule has 1 aromatic carbocycles. The molecule has 6 nitrogen and oxygen atoms in total. The minimum absolute atomic E-state index is 0.706. The van der Waals surface area contributed by atoms with E-state index in [2.05, 4.69) is 0 Å². The highest BCUT2D eigenvalue weighted by Gasteiger charge is 2.45. The van der Waals surface area contributed by atoms with Gasteiger partial charge in [-0.1, -0.05) is 12.1 Å². The van der Waals surface area contributed by atoms with Gasteiger partial charge in [-0.05, 0) is 20.8 Å². The van der Waals surface area contributed by atoms with Gasteiger partial charge in [-0.15, -0.1) is 0 Å². The molecule has 1 N–H and O–H groups in total. The highest BCUT2D eigenvalue weighted by molar-refractivity contribution is 5.68.